The minimum Gasteiger partial charge on any atom is -0.417 e. The van der Waals surface area contributed by atoms with Gasteiger partial charge in [-0.25, -0.2) is 0 Å². The molecule has 4 heteroatoms. The average Bonchev–Trinajstić information content (AvgIpc) is 2.70. The second kappa shape index (κ2) is 10.6. The van der Waals surface area contributed by atoms with Crippen molar-refractivity contribution in [1.29, 1.82) is 0 Å². The van der Waals surface area contributed by atoms with Gasteiger partial charge in [0.05, 0.1) is 0 Å². The van der Waals surface area contributed by atoms with Crippen LogP contribution in [-0.4, -0.2) is 27.4 Å². The predicted molar refractivity (Wildman–Crippen MR) is 121 cm³/mol. The zero-order valence-electron chi connectivity index (χ0n) is 18.0. The Kier molecular flexibility index (Phi) is 8.46. The first-order valence-corrected chi connectivity index (χ1v) is 12.7. The molecule has 0 spiro atoms. The van der Waals surface area contributed by atoms with Crippen LogP contribution in [0.5, 0.6) is 0 Å². The Labute approximate surface area is 171 Å². The number of amides is 1. The van der Waals surface area contributed by atoms with E-state index in [9.17, 15) is 4.79 Å². The van der Waals surface area contributed by atoms with Crippen LogP contribution in [0.3, 0.4) is 0 Å². The Balaban J connectivity index is 1.90. The minimum atomic E-state index is -1.80. The van der Waals surface area contributed by atoms with Crippen molar-refractivity contribution in [1.82, 2.24) is 5.32 Å². The first-order chi connectivity index (χ1) is 13.4. The van der Waals surface area contributed by atoms with Crippen LogP contribution in [0.4, 0.5) is 0 Å². The molecule has 0 atom stereocenters. The minimum absolute atomic E-state index is 0.00242. The van der Waals surface area contributed by atoms with E-state index in [0.29, 0.717) is 23.2 Å². The number of benzene rings is 2. The molecule has 0 bridgehead atoms. The molecule has 28 heavy (non-hydrogen) atoms. The fraction of sp³-hybridized carbons (Fsp3) is 0.458. The fourth-order valence-corrected chi connectivity index (χ4v) is 8.60. The molecule has 0 radical (unpaired) electrons. The SMILES string of the molecule is CCO[Si](CCCNC(=O)c1ccc(-c2ccccc2)cc1)(C(C)C)C(C)C. The fourth-order valence-electron chi connectivity index (χ4n) is 4.03. The van der Waals surface area contributed by atoms with Crippen LogP contribution in [0.15, 0.2) is 54.6 Å². The Hall–Kier alpha value is -1.91. The molecule has 2 aromatic carbocycles. The smallest absolute Gasteiger partial charge is 0.251 e. The van der Waals surface area contributed by atoms with Crippen molar-refractivity contribution in [3.8, 4) is 11.1 Å². The molecule has 1 amide bonds. The predicted octanol–water partition coefficient (Wildman–Crippen LogP) is 6.28. The Morgan fingerprint density at radius 2 is 1.50 bits per heavy atom. The summed E-state index contributed by atoms with van der Waals surface area (Å²) in [5.41, 5.74) is 4.15. The van der Waals surface area contributed by atoms with E-state index < -0.39 is 8.32 Å². The maximum Gasteiger partial charge on any atom is 0.251 e. The number of carbonyl (C=O) groups excluding carboxylic acids is 1. The summed E-state index contributed by atoms with van der Waals surface area (Å²) in [5, 5.41) is 3.08. The molecule has 1 N–H and O–H groups in total. The normalized spacial score (nSPS) is 11.8. The molecule has 2 aromatic rings. The van der Waals surface area contributed by atoms with Crippen molar-refractivity contribution in [2.45, 2.75) is 58.2 Å². The van der Waals surface area contributed by atoms with Crippen LogP contribution in [0, 0.1) is 0 Å². The third-order valence-electron chi connectivity index (χ3n) is 5.65. The lowest BCUT2D eigenvalue weighted by Gasteiger charge is -2.38. The van der Waals surface area contributed by atoms with Crippen molar-refractivity contribution >= 4 is 14.2 Å². The summed E-state index contributed by atoms with van der Waals surface area (Å²) in [7, 11) is -1.80. The Morgan fingerprint density at radius 1 is 0.929 bits per heavy atom. The zero-order valence-corrected chi connectivity index (χ0v) is 19.0. The largest absolute Gasteiger partial charge is 0.417 e. The number of carbonyl (C=O) groups is 1. The van der Waals surface area contributed by atoms with E-state index in [-0.39, 0.29) is 5.91 Å². The quantitative estimate of drug-likeness (QED) is 0.379. The van der Waals surface area contributed by atoms with Crippen molar-refractivity contribution in [3.63, 3.8) is 0 Å². The van der Waals surface area contributed by atoms with Crippen LogP contribution in [0.1, 0.15) is 51.4 Å². The summed E-state index contributed by atoms with van der Waals surface area (Å²) in [6.07, 6.45) is 0.969. The van der Waals surface area contributed by atoms with Gasteiger partial charge in [-0.2, -0.15) is 0 Å². The number of rotatable bonds is 10. The highest BCUT2D eigenvalue weighted by Gasteiger charge is 2.40. The first-order valence-electron chi connectivity index (χ1n) is 10.5. The average molecular weight is 398 g/mol. The molecular weight excluding hydrogens is 362 g/mol. The lowest BCUT2D eigenvalue weighted by atomic mass is 10.0. The molecule has 0 saturated heterocycles. The lowest BCUT2D eigenvalue weighted by Crippen LogP contribution is -2.45. The van der Waals surface area contributed by atoms with Crippen molar-refractivity contribution in [3.05, 3.63) is 60.2 Å². The maximum atomic E-state index is 12.5. The molecule has 0 aliphatic carbocycles. The van der Waals surface area contributed by atoms with Gasteiger partial charge >= 0.3 is 0 Å². The monoisotopic (exact) mass is 397 g/mol. The molecule has 3 nitrogen and oxygen atoms in total. The highest BCUT2D eigenvalue weighted by Crippen LogP contribution is 2.37. The van der Waals surface area contributed by atoms with Crippen LogP contribution >= 0.6 is 0 Å². The van der Waals surface area contributed by atoms with Crippen molar-refractivity contribution in [2.75, 3.05) is 13.2 Å². The van der Waals surface area contributed by atoms with Gasteiger partial charge in [0.25, 0.3) is 5.91 Å². The van der Waals surface area contributed by atoms with E-state index in [1.807, 2.05) is 42.5 Å². The number of hydrogen-bond acceptors (Lipinski definition) is 2. The zero-order chi connectivity index (χ0) is 20.6. The van der Waals surface area contributed by atoms with Gasteiger partial charge in [0.15, 0.2) is 8.32 Å². The molecular formula is C24H35NO2Si. The van der Waals surface area contributed by atoms with Crippen LogP contribution in [0.25, 0.3) is 11.1 Å². The molecule has 0 aliphatic rings. The van der Waals surface area contributed by atoms with E-state index >= 15 is 0 Å². The number of hydrogen-bond donors (Lipinski definition) is 1. The van der Waals surface area contributed by atoms with Gasteiger partial charge in [-0.05, 0) is 53.7 Å². The second-order valence-electron chi connectivity index (χ2n) is 8.00. The first kappa shape index (κ1) is 22.4. The van der Waals surface area contributed by atoms with Gasteiger partial charge in [-0.1, -0.05) is 70.2 Å². The molecule has 0 unspecified atom stereocenters. The lowest BCUT2D eigenvalue weighted by molar-refractivity contribution is 0.0953. The summed E-state index contributed by atoms with van der Waals surface area (Å²) in [4.78, 5) is 12.5. The topological polar surface area (TPSA) is 38.3 Å². The van der Waals surface area contributed by atoms with Gasteiger partial charge in [0, 0.05) is 18.7 Å². The molecule has 0 aliphatic heterocycles. The van der Waals surface area contributed by atoms with Gasteiger partial charge in [-0.3, -0.25) is 4.79 Å². The summed E-state index contributed by atoms with van der Waals surface area (Å²) < 4.78 is 6.33. The summed E-state index contributed by atoms with van der Waals surface area (Å²) >= 11 is 0. The van der Waals surface area contributed by atoms with Crippen LogP contribution < -0.4 is 5.32 Å². The third kappa shape index (κ3) is 5.55. The van der Waals surface area contributed by atoms with Crippen LogP contribution in [-0.2, 0) is 4.43 Å². The van der Waals surface area contributed by atoms with Crippen molar-refractivity contribution < 1.29 is 9.22 Å². The molecule has 0 heterocycles. The van der Waals surface area contributed by atoms with E-state index in [1.54, 1.807) is 0 Å². The summed E-state index contributed by atoms with van der Waals surface area (Å²) in [5.74, 6) is -0.00242. The standard InChI is InChI=1S/C24H35NO2Si/c1-6-27-28(19(2)3,20(4)5)18-10-17-25-24(26)23-15-13-22(14-16-23)21-11-8-7-9-12-21/h7-9,11-16,19-20H,6,10,17-18H2,1-5H3,(H,25,26). The Bertz CT molecular complexity index is 718. The highest BCUT2D eigenvalue weighted by molar-refractivity contribution is 6.76. The van der Waals surface area contributed by atoms with E-state index in [0.717, 1.165) is 30.2 Å². The van der Waals surface area contributed by atoms with E-state index in [4.69, 9.17) is 4.43 Å². The molecule has 152 valence electrons. The van der Waals surface area contributed by atoms with Crippen LogP contribution in [0.2, 0.25) is 17.1 Å². The van der Waals surface area contributed by atoms with Crippen molar-refractivity contribution in [2.24, 2.45) is 0 Å². The molecule has 0 fully saturated rings. The van der Waals surface area contributed by atoms with E-state index in [1.165, 1.54) is 0 Å². The van der Waals surface area contributed by atoms with Gasteiger partial charge in [0.2, 0.25) is 0 Å². The van der Waals surface area contributed by atoms with Gasteiger partial charge in [-0.15, -0.1) is 0 Å². The molecule has 2 rings (SSSR count). The highest BCUT2D eigenvalue weighted by atomic mass is 28.4. The number of nitrogens with one attached hydrogen (secondary N) is 1. The Morgan fingerprint density at radius 3 is 2.04 bits per heavy atom. The third-order valence-corrected chi connectivity index (χ3v) is 11.5. The van der Waals surface area contributed by atoms with E-state index in [2.05, 4.69) is 52.1 Å². The molecule has 0 saturated carbocycles. The van der Waals surface area contributed by atoms with Gasteiger partial charge < -0.3 is 9.74 Å². The summed E-state index contributed by atoms with van der Waals surface area (Å²) in [6, 6.07) is 19.1. The summed E-state index contributed by atoms with van der Waals surface area (Å²) in [6.45, 7) is 12.7. The second-order valence-corrected chi connectivity index (χ2v) is 13.0. The van der Waals surface area contributed by atoms with Gasteiger partial charge in [0.1, 0.15) is 0 Å². The maximum absolute atomic E-state index is 12.5. The molecule has 0 aromatic heterocycles.